The Kier molecular flexibility index (Phi) is 5.81. The molecule has 0 saturated carbocycles. The van der Waals surface area contributed by atoms with Crippen molar-refractivity contribution < 1.29 is 9.53 Å². The van der Waals surface area contributed by atoms with Gasteiger partial charge >= 0.3 is 0 Å². The number of carbonyl (C=O) groups excluding carboxylic acids is 1. The summed E-state index contributed by atoms with van der Waals surface area (Å²) in [7, 11) is 0. The molecular formula is C14H24N4O2S. The van der Waals surface area contributed by atoms with Crippen molar-refractivity contribution >= 4 is 28.2 Å². The molecule has 0 unspecified atom stereocenters. The maximum absolute atomic E-state index is 12.3. The van der Waals surface area contributed by atoms with Crippen molar-refractivity contribution in [2.24, 2.45) is 5.92 Å². The number of anilines is 2. The second kappa shape index (κ2) is 7.61. The maximum atomic E-state index is 12.3. The zero-order valence-corrected chi connectivity index (χ0v) is 13.5. The van der Waals surface area contributed by atoms with Crippen molar-refractivity contribution in [3.05, 3.63) is 4.88 Å². The zero-order valence-electron chi connectivity index (χ0n) is 12.7. The summed E-state index contributed by atoms with van der Waals surface area (Å²) in [5.74, 6) is 0.709. The highest BCUT2D eigenvalue weighted by molar-refractivity contribution is 7.18. The topological polar surface area (TPSA) is 80.5 Å². The maximum Gasteiger partial charge on any atom is 0.265 e. The largest absolute Gasteiger partial charge is 0.382 e. The minimum atomic E-state index is -0.116. The van der Waals surface area contributed by atoms with Crippen LogP contribution in [-0.2, 0) is 4.74 Å². The van der Waals surface area contributed by atoms with Gasteiger partial charge in [0.15, 0.2) is 5.13 Å². The fourth-order valence-corrected chi connectivity index (χ4v) is 3.41. The molecular weight excluding hydrogens is 288 g/mol. The molecule has 0 aliphatic carbocycles. The van der Waals surface area contributed by atoms with Crippen LogP contribution < -0.4 is 16.0 Å². The van der Waals surface area contributed by atoms with E-state index in [9.17, 15) is 4.79 Å². The lowest BCUT2D eigenvalue weighted by Gasteiger charge is -2.21. The van der Waals surface area contributed by atoms with Gasteiger partial charge in [0.05, 0.1) is 0 Å². The first kappa shape index (κ1) is 16.0. The average Bonchev–Trinajstić information content (AvgIpc) is 2.89. The number of ether oxygens (including phenoxy) is 1. The van der Waals surface area contributed by atoms with Crippen LogP contribution in [-0.4, -0.2) is 43.7 Å². The van der Waals surface area contributed by atoms with Crippen molar-refractivity contribution in [1.29, 1.82) is 0 Å². The van der Waals surface area contributed by atoms with Crippen LogP contribution in [0.25, 0.3) is 0 Å². The minimum Gasteiger partial charge on any atom is -0.382 e. The Bertz CT molecular complexity index is 468. The standard InChI is InChI=1S/C14H24N4O2S/c1-3-18(4-2)14-17-12(15)11(21-14)13(19)16-9-10-5-7-20-8-6-10/h10H,3-9,15H2,1-2H3,(H,16,19). The number of nitrogens with zero attached hydrogens (tertiary/aromatic N) is 2. The van der Waals surface area contributed by atoms with Gasteiger partial charge in [-0.05, 0) is 32.6 Å². The van der Waals surface area contributed by atoms with Crippen molar-refractivity contribution in [2.45, 2.75) is 26.7 Å². The molecule has 1 amide bonds. The molecule has 1 aliphatic rings. The number of rotatable bonds is 6. The molecule has 1 aliphatic heterocycles. The molecule has 21 heavy (non-hydrogen) atoms. The molecule has 2 rings (SSSR count). The van der Waals surface area contributed by atoms with E-state index in [2.05, 4.69) is 29.0 Å². The molecule has 7 heteroatoms. The van der Waals surface area contributed by atoms with E-state index in [0.29, 0.717) is 23.2 Å². The van der Waals surface area contributed by atoms with Crippen LogP contribution in [0.1, 0.15) is 36.4 Å². The molecule has 0 aromatic carbocycles. The predicted molar refractivity (Wildman–Crippen MR) is 86.0 cm³/mol. The van der Waals surface area contributed by atoms with Crippen LogP contribution in [0.15, 0.2) is 0 Å². The summed E-state index contributed by atoms with van der Waals surface area (Å²) in [5.41, 5.74) is 5.89. The molecule has 3 N–H and O–H groups in total. The van der Waals surface area contributed by atoms with Gasteiger partial charge < -0.3 is 20.7 Å². The molecule has 0 spiro atoms. The number of amides is 1. The lowest BCUT2D eigenvalue weighted by Crippen LogP contribution is -2.32. The molecule has 2 heterocycles. The first-order chi connectivity index (χ1) is 10.2. The van der Waals surface area contributed by atoms with Crippen LogP contribution in [0.2, 0.25) is 0 Å². The van der Waals surface area contributed by atoms with Gasteiger partial charge in [-0.2, -0.15) is 0 Å². The predicted octanol–water partition coefficient (Wildman–Crippen LogP) is 1.73. The van der Waals surface area contributed by atoms with E-state index >= 15 is 0 Å². The van der Waals surface area contributed by atoms with Crippen LogP contribution in [0, 0.1) is 5.92 Å². The van der Waals surface area contributed by atoms with Gasteiger partial charge in [0, 0.05) is 32.8 Å². The molecule has 0 bridgehead atoms. The number of hydrogen-bond acceptors (Lipinski definition) is 6. The SMILES string of the molecule is CCN(CC)c1nc(N)c(C(=O)NCC2CCOCC2)s1. The number of nitrogens with two attached hydrogens (primary N) is 1. The number of nitrogens with one attached hydrogen (secondary N) is 1. The Balaban J connectivity index is 1.95. The van der Waals surface area contributed by atoms with E-state index in [1.54, 1.807) is 0 Å². The lowest BCUT2D eigenvalue weighted by molar-refractivity contribution is 0.0643. The lowest BCUT2D eigenvalue weighted by atomic mass is 10.0. The average molecular weight is 312 g/mol. The second-order valence-electron chi connectivity index (χ2n) is 5.15. The van der Waals surface area contributed by atoms with Gasteiger partial charge in [0.1, 0.15) is 10.7 Å². The summed E-state index contributed by atoms with van der Waals surface area (Å²) in [4.78, 5) is 19.2. The zero-order chi connectivity index (χ0) is 15.2. The molecule has 1 fully saturated rings. The monoisotopic (exact) mass is 312 g/mol. The molecule has 6 nitrogen and oxygen atoms in total. The van der Waals surface area contributed by atoms with Crippen LogP contribution in [0.5, 0.6) is 0 Å². The van der Waals surface area contributed by atoms with E-state index in [1.165, 1.54) is 11.3 Å². The summed E-state index contributed by atoms with van der Waals surface area (Å²) >= 11 is 1.36. The fraction of sp³-hybridized carbons (Fsp3) is 0.714. The minimum absolute atomic E-state index is 0.116. The number of thiazole rings is 1. The number of aromatic nitrogens is 1. The van der Waals surface area contributed by atoms with Gasteiger partial charge in [-0.1, -0.05) is 11.3 Å². The highest BCUT2D eigenvalue weighted by Crippen LogP contribution is 2.28. The molecule has 1 saturated heterocycles. The fourth-order valence-electron chi connectivity index (χ4n) is 2.38. The van der Waals surface area contributed by atoms with Crippen LogP contribution >= 0.6 is 11.3 Å². The molecule has 1 aromatic rings. The van der Waals surface area contributed by atoms with Crippen LogP contribution in [0.3, 0.4) is 0 Å². The number of nitrogen functional groups attached to an aromatic ring is 1. The normalized spacial score (nSPS) is 15.9. The van der Waals surface area contributed by atoms with Gasteiger partial charge in [-0.25, -0.2) is 4.98 Å². The van der Waals surface area contributed by atoms with Gasteiger partial charge in [-0.15, -0.1) is 0 Å². The molecule has 1 aromatic heterocycles. The van der Waals surface area contributed by atoms with Gasteiger partial charge in [0.2, 0.25) is 0 Å². The van der Waals surface area contributed by atoms with Crippen molar-refractivity contribution in [3.8, 4) is 0 Å². The first-order valence-corrected chi connectivity index (χ1v) is 8.34. The van der Waals surface area contributed by atoms with Gasteiger partial charge in [0.25, 0.3) is 5.91 Å². The van der Waals surface area contributed by atoms with E-state index < -0.39 is 0 Å². The smallest absolute Gasteiger partial charge is 0.265 e. The summed E-state index contributed by atoms with van der Waals surface area (Å²) in [6.07, 6.45) is 2.01. The van der Waals surface area contributed by atoms with E-state index in [0.717, 1.165) is 44.3 Å². The summed E-state index contributed by atoms with van der Waals surface area (Å²) in [6.45, 7) is 8.09. The summed E-state index contributed by atoms with van der Waals surface area (Å²) in [5, 5.41) is 3.79. The Morgan fingerprint density at radius 3 is 2.71 bits per heavy atom. The van der Waals surface area contributed by atoms with E-state index in [-0.39, 0.29) is 5.91 Å². The Morgan fingerprint density at radius 1 is 1.43 bits per heavy atom. The third-order valence-electron chi connectivity index (χ3n) is 3.77. The third kappa shape index (κ3) is 4.07. The number of hydrogen-bond donors (Lipinski definition) is 2. The van der Waals surface area contributed by atoms with Crippen LogP contribution in [0.4, 0.5) is 10.9 Å². The van der Waals surface area contributed by atoms with E-state index in [4.69, 9.17) is 10.5 Å². The quantitative estimate of drug-likeness (QED) is 0.836. The third-order valence-corrected chi connectivity index (χ3v) is 4.91. The summed E-state index contributed by atoms with van der Waals surface area (Å²) in [6, 6.07) is 0. The Morgan fingerprint density at radius 2 is 2.10 bits per heavy atom. The highest BCUT2D eigenvalue weighted by atomic mass is 32.1. The highest BCUT2D eigenvalue weighted by Gasteiger charge is 2.20. The molecule has 0 atom stereocenters. The Labute approximate surface area is 129 Å². The van der Waals surface area contributed by atoms with Crippen molar-refractivity contribution in [2.75, 3.05) is 43.5 Å². The number of carbonyl (C=O) groups is 1. The van der Waals surface area contributed by atoms with E-state index in [1.807, 2.05) is 0 Å². The van der Waals surface area contributed by atoms with Crippen molar-refractivity contribution in [1.82, 2.24) is 10.3 Å². The van der Waals surface area contributed by atoms with Gasteiger partial charge in [-0.3, -0.25) is 4.79 Å². The second-order valence-corrected chi connectivity index (χ2v) is 6.13. The Hall–Kier alpha value is -1.34. The first-order valence-electron chi connectivity index (χ1n) is 7.52. The summed E-state index contributed by atoms with van der Waals surface area (Å²) < 4.78 is 5.32. The molecule has 0 radical (unpaired) electrons. The molecule has 118 valence electrons. The van der Waals surface area contributed by atoms with Crippen molar-refractivity contribution in [3.63, 3.8) is 0 Å².